The van der Waals surface area contributed by atoms with Crippen LogP contribution in [0.3, 0.4) is 0 Å². The minimum absolute atomic E-state index is 0.0837. The van der Waals surface area contributed by atoms with Crippen molar-refractivity contribution >= 4 is 21.6 Å². The van der Waals surface area contributed by atoms with Crippen LogP contribution >= 0.6 is 0 Å². The summed E-state index contributed by atoms with van der Waals surface area (Å²) in [6.45, 7) is 8.67. The lowest BCUT2D eigenvalue weighted by Crippen LogP contribution is -2.32. The van der Waals surface area contributed by atoms with Gasteiger partial charge in [0.15, 0.2) is 0 Å². The Hall–Kier alpha value is -2.54. The van der Waals surface area contributed by atoms with E-state index in [4.69, 9.17) is 4.74 Å². The van der Waals surface area contributed by atoms with Crippen LogP contribution in [0.2, 0.25) is 0 Å². The van der Waals surface area contributed by atoms with Gasteiger partial charge in [0, 0.05) is 13.0 Å². The summed E-state index contributed by atoms with van der Waals surface area (Å²) < 4.78 is 30.9. The zero-order chi connectivity index (χ0) is 23.2. The molecule has 0 bridgehead atoms. The molecule has 0 spiro atoms. The van der Waals surface area contributed by atoms with Gasteiger partial charge in [-0.05, 0) is 54.2 Å². The summed E-state index contributed by atoms with van der Waals surface area (Å²) >= 11 is 0. The minimum atomic E-state index is -3.46. The third kappa shape index (κ3) is 7.28. The molecule has 1 atom stereocenters. The Balaban J connectivity index is 1.92. The molecule has 0 aliphatic rings. The van der Waals surface area contributed by atoms with Crippen molar-refractivity contribution in [2.24, 2.45) is 0 Å². The van der Waals surface area contributed by atoms with Crippen molar-refractivity contribution in [1.82, 2.24) is 5.32 Å². The molecule has 0 saturated carbocycles. The van der Waals surface area contributed by atoms with E-state index in [2.05, 4.69) is 38.2 Å². The minimum Gasteiger partial charge on any atom is -0.497 e. The van der Waals surface area contributed by atoms with Crippen molar-refractivity contribution in [3.63, 3.8) is 0 Å². The first kappa shape index (κ1) is 24.7. The Morgan fingerprint density at radius 1 is 1.06 bits per heavy atom. The van der Waals surface area contributed by atoms with Gasteiger partial charge < -0.3 is 10.1 Å². The first-order valence-electron chi connectivity index (χ1n) is 10.4. The first-order valence-corrected chi connectivity index (χ1v) is 12.3. The summed E-state index contributed by atoms with van der Waals surface area (Å²) in [6, 6.07) is 15.0. The maximum absolute atomic E-state index is 12.4. The van der Waals surface area contributed by atoms with E-state index in [-0.39, 0.29) is 30.3 Å². The second-order valence-corrected chi connectivity index (χ2v) is 10.7. The molecule has 0 fully saturated rings. The molecular formula is C24H34N2O4S. The molecule has 0 aliphatic carbocycles. The lowest BCUT2D eigenvalue weighted by molar-refractivity contribution is -0.121. The molecule has 2 rings (SSSR count). The van der Waals surface area contributed by atoms with Gasteiger partial charge in [0.05, 0.1) is 25.1 Å². The number of methoxy groups -OCH3 is 1. The van der Waals surface area contributed by atoms with Crippen LogP contribution in [-0.2, 0) is 20.2 Å². The highest BCUT2D eigenvalue weighted by molar-refractivity contribution is 7.92. The topological polar surface area (TPSA) is 75.7 Å². The number of nitrogens with one attached hydrogen (secondary N) is 1. The Morgan fingerprint density at radius 2 is 1.65 bits per heavy atom. The van der Waals surface area contributed by atoms with Gasteiger partial charge in [-0.1, -0.05) is 45.0 Å². The van der Waals surface area contributed by atoms with Crippen molar-refractivity contribution in [3.8, 4) is 5.75 Å². The Bertz CT molecular complexity index is 962. The van der Waals surface area contributed by atoms with Gasteiger partial charge in [0.1, 0.15) is 5.75 Å². The van der Waals surface area contributed by atoms with Gasteiger partial charge in [-0.2, -0.15) is 0 Å². The summed E-state index contributed by atoms with van der Waals surface area (Å²) in [5.41, 5.74) is 2.92. The highest BCUT2D eigenvalue weighted by Crippen LogP contribution is 2.24. The van der Waals surface area contributed by atoms with Crippen molar-refractivity contribution < 1.29 is 17.9 Å². The third-order valence-corrected chi connectivity index (χ3v) is 6.37. The number of amides is 1. The molecule has 170 valence electrons. The zero-order valence-corrected chi connectivity index (χ0v) is 20.1. The average molecular weight is 447 g/mol. The number of carbonyl (C=O) groups excluding carboxylic acids is 1. The maximum atomic E-state index is 12.4. The van der Waals surface area contributed by atoms with E-state index in [1.165, 1.54) is 16.1 Å². The second kappa shape index (κ2) is 10.2. The van der Waals surface area contributed by atoms with Gasteiger partial charge >= 0.3 is 0 Å². The van der Waals surface area contributed by atoms with Crippen molar-refractivity contribution in [2.75, 3.05) is 24.2 Å². The van der Waals surface area contributed by atoms with Gasteiger partial charge in [-0.15, -0.1) is 0 Å². The smallest absolute Gasteiger partial charge is 0.232 e. The van der Waals surface area contributed by atoms with E-state index in [1.54, 1.807) is 31.4 Å². The van der Waals surface area contributed by atoms with Crippen LogP contribution in [0.25, 0.3) is 0 Å². The van der Waals surface area contributed by atoms with Crippen LogP contribution in [0, 0.1) is 0 Å². The number of ether oxygens (including phenoxy) is 1. The Kier molecular flexibility index (Phi) is 8.12. The molecule has 7 heteroatoms. The third-order valence-electron chi connectivity index (χ3n) is 5.18. The predicted octanol–water partition coefficient (Wildman–Crippen LogP) is 4.42. The molecule has 0 radical (unpaired) electrons. The normalized spacial score (nSPS) is 12.8. The second-order valence-electron chi connectivity index (χ2n) is 8.80. The molecule has 1 amide bonds. The van der Waals surface area contributed by atoms with Crippen LogP contribution in [0.4, 0.5) is 5.69 Å². The number of nitrogens with zero attached hydrogens (tertiary/aromatic N) is 1. The molecule has 0 aromatic heterocycles. The molecule has 0 unspecified atom stereocenters. The number of sulfonamides is 1. The van der Waals surface area contributed by atoms with E-state index in [9.17, 15) is 13.2 Å². The monoisotopic (exact) mass is 446 g/mol. The summed E-state index contributed by atoms with van der Waals surface area (Å²) in [5, 5.41) is 3.00. The van der Waals surface area contributed by atoms with E-state index in [1.807, 2.05) is 19.1 Å². The number of anilines is 1. The van der Waals surface area contributed by atoms with Gasteiger partial charge in [0.2, 0.25) is 15.9 Å². The fourth-order valence-corrected chi connectivity index (χ4v) is 4.25. The van der Waals surface area contributed by atoms with E-state index in [0.717, 1.165) is 5.56 Å². The zero-order valence-electron chi connectivity index (χ0n) is 19.3. The lowest BCUT2D eigenvalue weighted by atomic mass is 9.86. The summed E-state index contributed by atoms with van der Waals surface area (Å²) in [4.78, 5) is 12.4. The Morgan fingerprint density at radius 3 is 2.13 bits per heavy atom. The van der Waals surface area contributed by atoms with E-state index >= 15 is 0 Å². The number of carbonyl (C=O) groups is 1. The van der Waals surface area contributed by atoms with E-state index in [0.29, 0.717) is 17.9 Å². The molecule has 0 aliphatic heterocycles. The van der Waals surface area contributed by atoms with Crippen molar-refractivity contribution in [2.45, 2.75) is 52.0 Å². The largest absolute Gasteiger partial charge is 0.497 e. The molecule has 0 saturated heterocycles. The fraction of sp³-hybridized carbons (Fsp3) is 0.458. The molecule has 6 nitrogen and oxygen atoms in total. The van der Waals surface area contributed by atoms with Crippen LogP contribution in [0.15, 0.2) is 48.5 Å². The number of hydrogen-bond donors (Lipinski definition) is 1. The summed E-state index contributed by atoms with van der Waals surface area (Å²) in [5.74, 6) is 0.552. The van der Waals surface area contributed by atoms with Crippen LogP contribution in [-0.4, -0.2) is 34.2 Å². The lowest BCUT2D eigenvalue weighted by Gasteiger charge is -2.23. The van der Waals surface area contributed by atoms with Gasteiger partial charge in [0.25, 0.3) is 0 Å². The highest BCUT2D eigenvalue weighted by Gasteiger charge is 2.19. The standard InChI is InChI=1S/C24H34N2O4S/c1-18(19-9-11-20(12-10-19)24(2,3)4)25-23(27)8-7-17-26(31(6,28)29)21-13-15-22(30-5)16-14-21/h9-16,18H,7-8,17H2,1-6H3,(H,25,27)/t18-/m0/s1. The summed E-state index contributed by atoms with van der Waals surface area (Å²) in [6.07, 6.45) is 1.83. The first-order chi connectivity index (χ1) is 14.4. The quantitative estimate of drug-likeness (QED) is 0.619. The van der Waals surface area contributed by atoms with Crippen molar-refractivity contribution in [1.29, 1.82) is 0 Å². The van der Waals surface area contributed by atoms with Crippen LogP contribution < -0.4 is 14.4 Å². The predicted molar refractivity (Wildman–Crippen MR) is 126 cm³/mol. The van der Waals surface area contributed by atoms with Crippen molar-refractivity contribution in [3.05, 3.63) is 59.7 Å². The summed E-state index contributed by atoms with van der Waals surface area (Å²) in [7, 11) is -1.90. The molecular weight excluding hydrogens is 412 g/mol. The SMILES string of the molecule is COc1ccc(N(CCCC(=O)N[C@@H](C)c2ccc(C(C)(C)C)cc2)S(C)(=O)=O)cc1. The van der Waals surface area contributed by atoms with Crippen LogP contribution in [0.5, 0.6) is 5.75 Å². The van der Waals surface area contributed by atoms with E-state index < -0.39 is 10.0 Å². The molecule has 31 heavy (non-hydrogen) atoms. The Labute approximate surface area is 186 Å². The maximum Gasteiger partial charge on any atom is 0.232 e. The molecule has 2 aromatic rings. The highest BCUT2D eigenvalue weighted by atomic mass is 32.2. The molecule has 2 aromatic carbocycles. The number of benzene rings is 2. The number of rotatable bonds is 9. The molecule has 0 heterocycles. The van der Waals surface area contributed by atoms with Crippen LogP contribution in [0.1, 0.15) is 57.7 Å². The average Bonchev–Trinajstić information content (AvgIpc) is 2.70. The van der Waals surface area contributed by atoms with Gasteiger partial charge in [-0.3, -0.25) is 9.10 Å². The fourth-order valence-electron chi connectivity index (χ4n) is 3.29. The van der Waals surface area contributed by atoms with Gasteiger partial charge in [-0.25, -0.2) is 8.42 Å². The molecule has 1 N–H and O–H groups in total. The number of hydrogen-bond acceptors (Lipinski definition) is 4.